The fourth-order valence-electron chi connectivity index (χ4n) is 0.871. The third kappa shape index (κ3) is 1.47. The monoisotopic (exact) mass is 164 g/mol. The van der Waals surface area contributed by atoms with Gasteiger partial charge in [0.15, 0.2) is 0 Å². The van der Waals surface area contributed by atoms with Crippen molar-refractivity contribution in [1.82, 2.24) is 0 Å². The summed E-state index contributed by atoms with van der Waals surface area (Å²) in [5, 5.41) is 8.66. The molecule has 2 N–H and O–H groups in total. The number of hydrogen-bond acceptors (Lipinski definition) is 3. The highest BCUT2D eigenvalue weighted by Crippen LogP contribution is 2.25. The third-order valence-corrected chi connectivity index (χ3v) is 2.23. The van der Waals surface area contributed by atoms with Crippen LogP contribution in [0.15, 0.2) is 23.1 Å². The number of anilines is 1. The number of thioether (sulfide) groups is 1. The first kappa shape index (κ1) is 7.96. The minimum absolute atomic E-state index is 0.650. The quantitative estimate of drug-likeness (QED) is 0.509. The maximum absolute atomic E-state index is 8.66. The van der Waals surface area contributed by atoms with Gasteiger partial charge in [-0.25, -0.2) is 0 Å². The van der Waals surface area contributed by atoms with E-state index in [0.29, 0.717) is 11.3 Å². The van der Waals surface area contributed by atoms with Gasteiger partial charge in [0.2, 0.25) is 0 Å². The summed E-state index contributed by atoms with van der Waals surface area (Å²) < 4.78 is 0. The molecule has 0 bridgehead atoms. The van der Waals surface area contributed by atoms with Gasteiger partial charge in [-0.15, -0.1) is 11.8 Å². The van der Waals surface area contributed by atoms with Crippen LogP contribution in [-0.4, -0.2) is 6.26 Å². The molecule has 1 rings (SSSR count). The van der Waals surface area contributed by atoms with Crippen LogP contribution in [0.2, 0.25) is 0 Å². The Kier molecular flexibility index (Phi) is 2.40. The molecule has 0 amide bonds. The van der Waals surface area contributed by atoms with E-state index in [4.69, 9.17) is 11.0 Å². The van der Waals surface area contributed by atoms with E-state index in [2.05, 4.69) is 6.07 Å². The number of nitrogen functional groups attached to an aromatic ring is 1. The molecule has 0 fully saturated rings. The zero-order valence-electron chi connectivity index (χ0n) is 6.16. The number of nitrogens with zero attached hydrogens (tertiary/aromatic N) is 1. The van der Waals surface area contributed by atoms with Gasteiger partial charge in [0.25, 0.3) is 0 Å². The standard InChI is InChI=1S/C8H8N2S/c1-11-8-6(5-9)3-2-4-7(8)10/h2-4H,10H2,1H3. The van der Waals surface area contributed by atoms with Gasteiger partial charge in [0.05, 0.1) is 5.56 Å². The van der Waals surface area contributed by atoms with Gasteiger partial charge in [-0.3, -0.25) is 0 Å². The first-order chi connectivity index (χ1) is 5.29. The predicted molar refractivity (Wildman–Crippen MR) is 47.4 cm³/mol. The summed E-state index contributed by atoms with van der Waals surface area (Å²) in [6.45, 7) is 0. The Hall–Kier alpha value is -1.14. The van der Waals surface area contributed by atoms with E-state index in [1.54, 1.807) is 18.2 Å². The molecule has 0 aliphatic rings. The molecule has 0 unspecified atom stereocenters. The fourth-order valence-corrected chi connectivity index (χ4v) is 1.51. The van der Waals surface area contributed by atoms with Crippen LogP contribution in [0.5, 0.6) is 0 Å². The van der Waals surface area contributed by atoms with Gasteiger partial charge in [-0.05, 0) is 18.4 Å². The summed E-state index contributed by atoms with van der Waals surface area (Å²) in [6, 6.07) is 7.44. The van der Waals surface area contributed by atoms with Crippen molar-refractivity contribution in [3.05, 3.63) is 23.8 Å². The van der Waals surface area contributed by atoms with Gasteiger partial charge < -0.3 is 5.73 Å². The van der Waals surface area contributed by atoms with Crippen LogP contribution in [0.3, 0.4) is 0 Å². The lowest BCUT2D eigenvalue weighted by Gasteiger charge is -2.02. The van der Waals surface area contributed by atoms with Crippen molar-refractivity contribution >= 4 is 17.4 Å². The lowest BCUT2D eigenvalue weighted by molar-refractivity contribution is 1.37. The Balaban J connectivity index is 3.27. The second-order valence-electron chi connectivity index (χ2n) is 2.04. The largest absolute Gasteiger partial charge is 0.398 e. The molecule has 11 heavy (non-hydrogen) atoms. The summed E-state index contributed by atoms with van der Waals surface area (Å²) >= 11 is 1.50. The van der Waals surface area contributed by atoms with E-state index < -0.39 is 0 Å². The van der Waals surface area contributed by atoms with Gasteiger partial charge >= 0.3 is 0 Å². The van der Waals surface area contributed by atoms with Crippen molar-refractivity contribution in [3.63, 3.8) is 0 Å². The molecule has 0 saturated carbocycles. The predicted octanol–water partition coefficient (Wildman–Crippen LogP) is 1.86. The average Bonchev–Trinajstić information content (AvgIpc) is 2.04. The maximum Gasteiger partial charge on any atom is 0.100 e. The number of nitrogens with two attached hydrogens (primary N) is 1. The van der Waals surface area contributed by atoms with Crippen molar-refractivity contribution in [1.29, 1.82) is 5.26 Å². The zero-order valence-corrected chi connectivity index (χ0v) is 6.98. The van der Waals surface area contributed by atoms with E-state index in [1.807, 2.05) is 6.26 Å². The lowest BCUT2D eigenvalue weighted by Crippen LogP contribution is -1.90. The Labute approximate surface area is 70.0 Å². The Bertz CT molecular complexity index is 301. The van der Waals surface area contributed by atoms with E-state index in [9.17, 15) is 0 Å². The highest BCUT2D eigenvalue weighted by Gasteiger charge is 2.02. The molecule has 0 aliphatic carbocycles. The molecule has 1 aromatic rings. The van der Waals surface area contributed by atoms with Crippen LogP contribution in [0, 0.1) is 11.3 Å². The molecule has 0 atom stereocenters. The molecule has 56 valence electrons. The minimum Gasteiger partial charge on any atom is -0.398 e. The molecular formula is C8H8N2S. The molecule has 0 aliphatic heterocycles. The van der Waals surface area contributed by atoms with E-state index in [-0.39, 0.29) is 0 Å². The van der Waals surface area contributed by atoms with Gasteiger partial charge in [-0.2, -0.15) is 5.26 Å². The van der Waals surface area contributed by atoms with Crippen molar-refractivity contribution in [3.8, 4) is 6.07 Å². The van der Waals surface area contributed by atoms with Crippen LogP contribution < -0.4 is 5.73 Å². The van der Waals surface area contributed by atoms with Gasteiger partial charge in [0.1, 0.15) is 6.07 Å². The Morgan fingerprint density at radius 2 is 2.27 bits per heavy atom. The van der Waals surface area contributed by atoms with Crippen molar-refractivity contribution in [2.24, 2.45) is 0 Å². The molecular weight excluding hydrogens is 156 g/mol. The smallest absolute Gasteiger partial charge is 0.100 e. The minimum atomic E-state index is 0.650. The summed E-state index contributed by atoms with van der Waals surface area (Å²) in [7, 11) is 0. The summed E-state index contributed by atoms with van der Waals surface area (Å²) in [6.07, 6.45) is 1.91. The first-order valence-corrected chi connectivity index (χ1v) is 4.34. The third-order valence-electron chi connectivity index (χ3n) is 1.37. The van der Waals surface area contributed by atoms with Crippen LogP contribution in [0.4, 0.5) is 5.69 Å². The molecule has 0 aromatic heterocycles. The zero-order chi connectivity index (χ0) is 8.27. The second-order valence-corrected chi connectivity index (χ2v) is 2.86. The summed E-state index contributed by atoms with van der Waals surface area (Å²) in [4.78, 5) is 0.870. The van der Waals surface area contributed by atoms with Crippen LogP contribution in [-0.2, 0) is 0 Å². The SMILES string of the molecule is CSc1c(N)cccc1C#N. The molecule has 1 aromatic carbocycles. The van der Waals surface area contributed by atoms with Gasteiger partial charge in [-0.1, -0.05) is 6.07 Å². The topological polar surface area (TPSA) is 49.8 Å². The molecule has 3 heteroatoms. The number of hydrogen-bond donors (Lipinski definition) is 1. The average molecular weight is 164 g/mol. The van der Waals surface area contributed by atoms with E-state index in [0.717, 1.165) is 4.90 Å². The maximum atomic E-state index is 8.66. The highest BCUT2D eigenvalue weighted by atomic mass is 32.2. The lowest BCUT2D eigenvalue weighted by atomic mass is 10.2. The Morgan fingerprint density at radius 1 is 1.55 bits per heavy atom. The number of rotatable bonds is 1. The number of benzene rings is 1. The summed E-state index contributed by atoms with van der Waals surface area (Å²) in [5.74, 6) is 0. The highest BCUT2D eigenvalue weighted by molar-refractivity contribution is 7.98. The first-order valence-electron chi connectivity index (χ1n) is 3.12. The molecule has 2 nitrogen and oxygen atoms in total. The van der Waals surface area contributed by atoms with Crippen LogP contribution in [0.25, 0.3) is 0 Å². The van der Waals surface area contributed by atoms with Crippen molar-refractivity contribution in [2.75, 3.05) is 12.0 Å². The van der Waals surface area contributed by atoms with E-state index in [1.165, 1.54) is 11.8 Å². The number of nitriles is 1. The van der Waals surface area contributed by atoms with Crippen LogP contribution in [0.1, 0.15) is 5.56 Å². The molecule has 0 spiro atoms. The second kappa shape index (κ2) is 3.31. The molecule has 0 saturated heterocycles. The van der Waals surface area contributed by atoms with Crippen molar-refractivity contribution in [2.45, 2.75) is 4.90 Å². The van der Waals surface area contributed by atoms with E-state index >= 15 is 0 Å². The van der Waals surface area contributed by atoms with Crippen LogP contribution >= 0.6 is 11.8 Å². The summed E-state index contributed by atoms with van der Waals surface area (Å²) in [5.41, 5.74) is 6.96. The van der Waals surface area contributed by atoms with Gasteiger partial charge in [0, 0.05) is 10.6 Å². The normalized spacial score (nSPS) is 9.09. The fraction of sp³-hybridized carbons (Fsp3) is 0.125. The Morgan fingerprint density at radius 3 is 2.73 bits per heavy atom. The molecule has 0 radical (unpaired) electrons. The molecule has 0 heterocycles. The van der Waals surface area contributed by atoms with Crippen molar-refractivity contribution < 1.29 is 0 Å².